The minimum atomic E-state index is -1.27. The predicted octanol–water partition coefficient (Wildman–Crippen LogP) is 3.03. The summed E-state index contributed by atoms with van der Waals surface area (Å²) in [7, 11) is 0.283. The van der Waals surface area contributed by atoms with Gasteiger partial charge >= 0.3 is 0 Å². The van der Waals surface area contributed by atoms with Crippen molar-refractivity contribution in [3.63, 3.8) is 0 Å². The molecule has 0 spiro atoms. The topological polar surface area (TPSA) is 64.4 Å². The predicted molar refractivity (Wildman–Crippen MR) is 89.5 cm³/mol. The van der Waals surface area contributed by atoms with Crippen LogP contribution in [0.1, 0.15) is 26.3 Å². The lowest BCUT2D eigenvalue weighted by Crippen LogP contribution is -2.19. The monoisotopic (exact) mass is 317 g/mol. The summed E-state index contributed by atoms with van der Waals surface area (Å²) in [5, 5.41) is 8.07. The Kier molecular flexibility index (Phi) is 5.03. The van der Waals surface area contributed by atoms with Gasteiger partial charge in [-0.15, -0.1) is 10.2 Å². The Morgan fingerprint density at radius 1 is 1.18 bits per heavy atom. The number of rotatable bonds is 4. The van der Waals surface area contributed by atoms with Gasteiger partial charge in [0.1, 0.15) is 11.0 Å². The maximum absolute atomic E-state index is 11.9. The highest BCUT2D eigenvalue weighted by Gasteiger charge is 2.18. The first-order valence-corrected chi connectivity index (χ1v) is 7.95. The molecule has 2 rings (SSSR count). The number of hydrogen-bond donors (Lipinski definition) is 0. The van der Waals surface area contributed by atoms with Gasteiger partial charge in [-0.05, 0) is 38.5 Å². The third-order valence-electron chi connectivity index (χ3n) is 2.85. The lowest BCUT2D eigenvalue weighted by atomic mass is 10.1. The lowest BCUT2D eigenvalue weighted by molar-refractivity contribution is 0.392. The molecular formula is C16H19N3O2S. The van der Waals surface area contributed by atoms with Crippen molar-refractivity contribution in [3.05, 3.63) is 42.0 Å². The van der Waals surface area contributed by atoms with Gasteiger partial charge in [-0.2, -0.15) is 4.40 Å². The molecule has 116 valence electrons. The molecule has 0 saturated heterocycles. The van der Waals surface area contributed by atoms with Crippen LogP contribution in [0.15, 0.2) is 40.8 Å². The van der Waals surface area contributed by atoms with E-state index in [1.54, 1.807) is 19.4 Å². The van der Waals surface area contributed by atoms with Crippen molar-refractivity contribution in [1.82, 2.24) is 10.2 Å². The zero-order valence-corrected chi connectivity index (χ0v) is 13.9. The molecule has 0 fully saturated rings. The highest BCUT2D eigenvalue weighted by atomic mass is 32.2. The van der Waals surface area contributed by atoms with Crippen LogP contribution in [0, 0.1) is 0 Å². The molecule has 1 heterocycles. The molecule has 1 atom stereocenters. The molecule has 0 radical (unpaired) electrons. The number of methoxy groups -OCH3 is 1. The van der Waals surface area contributed by atoms with Crippen LogP contribution in [0.3, 0.4) is 0 Å². The lowest BCUT2D eigenvalue weighted by Gasteiger charge is -2.12. The standard InChI is InChI=1S/C16H19N3O2S/c1-16(2,3)22(20)17-11-12-6-5-7-13(10-12)14-8-9-15(21-4)19-18-14/h5-11H,1-4H3/t22-/m1/s1. The van der Waals surface area contributed by atoms with E-state index in [0.717, 1.165) is 16.8 Å². The highest BCUT2D eigenvalue weighted by molar-refractivity contribution is 7.85. The Labute approximate surface area is 133 Å². The second-order valence-corrected chi connectivity index (χ2v) is 7.62. The highest BCUT2D eigenvalue weighted by Crippen LogP contribution is 2.19. The third-order valence-corrected chi connectivity index (χ3v) is 4.20. The van der Waals surface area contributed by atoms with Gasteiger partial charge in [0.2, 0.25) is 5.88 Å². The minimum Gasteiger partial charge on any atom is -0.480 e. The summed E-state index contributed by atoms with van der Waals surface area (Å²) in [6.45, 7) is 5.68. The zero-order valence-electron chi connectivity index (χ0n) is 13.1. The molecule has 0 aliphatic rings. The van der Waals surface area contributed by atoms with E-state index < -0.39 is 11.0 Å². The third kappa shape index (κ3) is 4.21. The van der Waals surface area contributed by atoms with Crippen LogP contribution in [0.5, 0.6) is 5.88 Å². The van der Waals surface area contributed by atoms with Crippen molar-refractivity contribution >= 4 is 17.2 Å². The van der Waals surface area contributed by atoms with Crippen molar-refractivity contribution in [1.29, 1.82) is 0 Å². The molecule has 0 aliphatic heterocycles. The largest absolute Gasteiger partial charge is 0.480 e. The Hall–Kier alpha value is -2.08. The van der Waals surface area contributed by atoms with Gasteiger partial charge in [-0.25, -0.2) is 4.21 Å². The van der Waals surface area contributed by atoms with Crippen molar-refractivity contribution in [2.45, 2.75) is 25.5 Å². The number of aromatic nitrogens is 2. The first-order valence-electron chi connectivity index (χ1n) is 6.84. The molecule has 0 unspecified atom stereocenters. The number of ether oxygens (including phenoxy) is 1. The van der Waals surface area contributed by atoms with E-state index in [0.29, 0.717) is 5.88 Å². The summed E-state index contributed by atoms with van der Waals surface area (Å²) in [6.07, 6.45) is 1.63. The van der Waals surface area contributed by atoms with Gasteiger partial charge < -0.3 is 4.74 Å². The summed E-state index contributed by atoms with van der Waals surface area (Å²) in [5.41, 5.74) is 2.53. The Morgan fingerprint density at radius 3 is 2.55 bits per heavy atom. The molecule has 2 aromatic rings. The fraction of sp³-hybridized carbons (Fsp3) is 0.312. The molecule has 6 heteroatoms. The van der Waals surface area contributed by atoms with Crippen LogP contribution in [0.25, 0.3) is 11.3 Å². The van der Waals surface area contributed by atoms with E-state index in [-0.39, 0.29) is 4.75 Å². The average Bonchev–Trinajstić information content (AvgIpc) is 2.52. The summed E-state index contributed by atoms with van der Waals surface area (Å²) in [6, 6.07) is 11.3. The van der Waals surface area contributed by atoms with E-state index in [1.165, 1.54) is 0 Å². The normalized spacial score (nSPS) is 13.3. The first kappa shape index (κ1) is 16.3. The van der Waals surface area contributed by atoms with Gasteiger partial charge in [0.05, 0.1) is 17.6 Å². The van der Waals surface area contributed by atoms with E-state index in [9.17, 15) is 4.21 Å². The van der Waals surface area contributed by atoms with Gasteiger partial charge in [-0.1, -0.05) is 18.2 Å². The number of hydrogen-bond acceptors (Lipinski definition) is 4. The Morgan fingerprint density at radius 2 is 1.95 bits per heavy atom. The number of nitrogens with zero attached hydrogens (tertiary/aromatic N) is 3. The smallest absolute Gasteiger partial charge is 0.233 e. The van der Waals surface area contributed by atoms with Crippen LogP contribution < -0.4 is 4.74 Å². The van der Waals surface area contributed by atoms with Gasteiger partial charge in [0, 0.05) is 17.8 Å². The van der Waals surface area contributed by atoms with Gasteiger partial charge in [0.25, 0.3) is 0 Å². The fourth-order valence-corrected chi connectivity index (χ4v) is 2.16. The SMILES string of the molecule is COc1ccc(-c2cccc(C=N[S@](=O)C(C)(C)C)c2)nn1. The van der Waals surface area contributed by atoms with E-state index in [1.807, 2.05) is 51.1 Å². The van der Waals surface area contributed by atoms with E-state index in [2.05, 4.69) is 14.6 Å². The zero-order chi connectivity index (χ0) is 16.2. The average molecular weight is 317 g/mol. The molecular weight excluding hydrogens is 298 g/mol. The van der Waals surface area contributed by atoms with Gasteiger partial charge in [-0.3, -0.25) is 0 Å². The summed E-state index contributed by atoms with van der Waals surface area (Å²) in [5.74, 6) is 0.474. The Bertz CT molecular complexity index is 691. The Balaban J connectivity index is 2.23. The van der Waals surface area contributed by atoms with Gasteiger partial charge in [0.15, 0.2) is 0 Å². The molecule has 0 saturated carbocycles. The molecule has 1 aromatic heterocycles. The molecule has 0 N–H and O–H groups in total. The molecule has 5 nitrogen and oxygen atoms in total. The maximum Gasteiger partial charge on any atom is 0.233 e. The molecule has 0 bridgehead atoms. The van der Waals surface area contributed by atoms with Crippen LogP contribution in [0.4, 0.5) is 0 Å². The second-order valence-electron chi connectivity index (χ2n) is 5.68. The summed E-state index contributed by atoms with van der Waals surface area (Å²) >= 11 is 0. The minimum absolute atomic E-state index is 0.366. The quantitative estimate of drug-likeness (QED) is 0.813. The van der Waals surface area contributed by atoms with Crippen LogP contribution >= 0.6 is 0 Å². The van der Waals surface area contributed by atoms with Crippen LogP contribution in [-0.2, 0) is 11.0 Å². The molecule has 22 heavy (non-hydrogen) atoms. The molecule has 0 amide bonds. The summed E-state index contributed by atoms with van der Waals surface area (Å²) in [4.78, 5) is 0. The van der Waals surface area contributed by atoms with Crippen molar-refractivity contribution < 1.29 is 8.95 Å². The van der Waals surface area contributed by atoms with Crippen molar-refractivity contribution in [3.8, 4) is 17.1 Å². The van der Waals surface area contributed by atoms with Crippen LogP contribution in [0.2, 0.25) is 0 Å². The maximum atomic E-state index is 11.9. The molecule has 1 aromatic carbocycles. The fourth-order valence-electron chi connectivity index (χ4n) is 1.63. The first-order chi connectivity index (χ1) is 10.4. The number of benzene rings is 1. The van der Waals surface area contributed by atoms with Crippen LogP contribution in [-0.4, -0.2) is 32.5 Å². The second kappa shape index (κ2) is 6.79. The summed E-state index contributed by atoms with van der Waals surface area (Å²) < 4.78 is 20.7. The van der Waals surface area contributed by atoms with Crippen molar-refractivity contribution in [2.75, 3.05) is 7.11 Å². The molecule has 0 aliphatic carbocycles. The van der Waals surface area contributed by atoms with E-state index in [4.69, 9.17) is 4.74 Å². The van der Waals surface area contributed by atoms with Crippen molar-refractivity contribution in [2.24, 2.45) is 4.40 Å². The van der Waals surface area contributed by atoms with E-state index >= 15 is 0 Å².